The quantitative estimate of drug-likeness (QED) is 0.0262. The summed E-state index contributed by atoms with van der Waals surface area (Å²) in [5.74, 6) is -0.888. The lowest BCUT2D eigenvalue weighted by molar-refractivity contribution is -0.167. The Morgan fingerprint density at radius 3 is 0.938 bits per heavy atom. The van der Waals surface area contributed by atoms with E-state index in [1.54, 1.807) is 0 Å². The largest absolute Gasteiger partial charge is 0.462 e. The SMILES string of the molecule is CCCCC/C=C\C/C=C\C/C=C\CCCCCCCCC(=O)OCC(COC(=O)CCCCCCC/C=C\CCCCCC)OC(=O)CCCCCCCCCCCCCCCC. The van der Waals surface area contributed by atoms with Crippen LogP contribution in [0.3, 0.4) is 0 Å². The maximum Gasteiger partial charge on any atom is 0.306 e. The molecule has 1 unspecified atom stereocenters. The summed E-state index contributed by atoms with van der Waals surface area (Å²) >= 11 is 0. The first-order valence-electron chi connectivity index (χ1n) is 27.6. The summed E-state index contributed by atoms with van der Waals surface area (Å²) in [5, 5.41) is 0. The zero-order chi connectivity index (χ0) is 46.5. The number of unbranched alkanes of at least 4 members (excludes halogenated alkanes) is 31. The summed E-state index contributed by atoms with van der Waals surface area (Å²) in [6, 6.07) is 0. The Morgan fingerprint density at radius 1 is 0.312 bits per heavy atom. The monoisotopic (exact) mass is 897 g/mol. The molecule has 372 valence electrons. The van der Waals surface area contributed by atoms with E-state index in [-0.39, 0.29) is 31.1 Å². The summed E-state index contributed by atoms with van der Waals surface area (Å²) < 4.78 is 16.8. The highest BCUT2D eigenvalue weighted by atomic mass is 16.6. The normalized spacial score (nSPS) is 12.4. The fraction of sp³-hybridized carbons (Fsp3) is 0.810. The van der Waals surface area contributed by atoms with Crippen LogP contribution in [0.5, 0.6) is 0 Å². The lowest BCUT2D eigenvalue weighted by atomic mass is 10.0. The first kappa shape index (κ1) is 61.4. The predicted octanol–water partition coefficient (Wildman–Crippen LogP) is 18.3. The van der Waals surface area contributed by atoms with Gasteiger partial charge in [-0.25, -0.2) is 0 Å². The number of hydrogen-bond donors (Lipinski definition) is 0. The van der Waals surface area contributed by atoms with Gasteiger partial charge in [0.15, 0.2) is 6.10 Å². The molecule has 0 aliphatic carbocycles. The molecule has 0 aliphatic rings. The maximum absolute atomic E-state index is 12.8. The van der Waals surface area contributed by atoms with Crippen molar-refractivity contribution in [3.05, 3.63) is 48.6 Å². The van der Waals surface area contributed by atoms with Gasteiger partial charge >= 0.3 is 17.9 Å². The topological polar surface area (TPSA) is 78.9 Å². The Bertz CT molecular complexity index is 1120. The Balaban J connectivity index is 4.37. The second-order valence-corrected chi connectivity index (χ2v) is 18.5. The van der Waals surface area contributed by atoms with Crippen LogP contribution < -0.4 is 0 Å². The van der Waals surface area contributed by atoms with Crippen molar-refractivity contribution in [1.82, 2.24) is 0 Å². The van der Waals surface area contributed by atoms with Crippen molar-refractivity contribution in [2.45, 2.75) is 290 Å². The molecule has 0 saturated heterocycles. The molecule has 0 aromatic heterocycles. The van der Waals surface area contributed by atoms with Crippen molar-refractivity contribution in [2.24, 2.45) is 0 Å². The third-order valence-corrected chi connectivity index (χ3v) is 12.1. The summed E-state index contributed by atoms with van der Waals surface area (Å²) in [5.41, 5.74) is 0. The van der Waals surface area contributed by atoms with Crippen molar-refractivity contribution >= 4 is 17.9 Å². The van der Waals surface area contributed by atoms with Gasteiger partial charge in [0.25, 0.3) is 0 Å². The van der Waals surface area contributed by atoms with Crippen molar-refractivity contribution < 1.29 is 28.6 Å². The van der Waals surface area contributed by atoms with E-state index in [0.29, 0.717) is 19.3 Å². The third kappa shape index (κ3) is 50.4. The van der Waals surface area contributed by atoms with Crippen LogP contribution in [0.25, 0.3) is 0 Å². The number of esters is 3. The van der Waals surface area contributed by atoms with Gasteiger partial charge in [-0.3, -0.25) is 14.4 Å². The average molecular weight is 897 g/mol. The van der Waals surface area contributed by atoms with Crippen molar-refractivity contribution in [3.63, 3.8) is 0 Å². The maximum atomic E-state index is 12.8. The van der Waals surface area contributed by atoms with Crippen molar-refractivity contribution in [1.29, 1.82) is 0 Å². The number of carbonyl (C=O) groups excluding carboxylic acids is 3. The van der Waals surface area contributed by atoms with Crippen molar-refractivity contribution in [3.8, 4) is 0 Å². The molecule has 0 rings (SSSR count). The van der Waals surface area contributed by atoms with E-state index in [9.17, 15) is 14.4 Å². The molecule has 0 spiro atoms. The minimum Gasteiger partial charge on any atom is -0.462 e. The highest BCUT2D eigenvalue weighted by Crippen LogP contribution is 2.15. The van der Waals surface area contributed by atoms with Crippen LogP contribution in [0, 0.1) is 0 Å². The predicted molar refractivity (Wildman–Crippen MR) is 275 cm³/mol. The Hall–Kier alpha value is -2.63. The molecule has 0 bridgehead atoms. The van der Waals surface area contributed by atoms with Crippen LogP contribution in [0.2, 0.25) is 0 Å². The van der Waals surface area contributed by atoms with Crippen LogP contribution >= 0.6 is 0 Å². The Kier molecular flexibility index (Phi) is 50.8. The molecule has 0 heterocycles. The number of ether oxygens (including phenoxy) is 3. The van der Waals surface area contributed by atoms with E-state index in [1.165, 1.54) is 161 Å². The Labute approximate surface area is 397 Å². The lowest BCUT2D eigenvalue weighted by Crippen LogP contribution is -2.30. The molecule has 0 aliphatic heterocycles. The molecule has 64 heavy (non-hydrogen) atoms. The number of allylic oxidation sites excluding steroid dienone is 8. The van der Waals surface area contributed by atoms with Gasteiger partial charge in [0.2, 0.25) is 0 Å². The van der Waals surface area contributed by atoms with E-state index in [4.69, 9.17) is 14.2 Å². The molecule has 6 nitrogen and oxygen atoms in total. The third-order valence-electron chi connectivity index (χ3n) is 12.1. The second kappa shape index (κ2) is 53.0. The van der Waals surface area contributed by atoms with Crippen LogP contribution in [0.15, 0.2) is 48.6 Å². The summed E-state index contributed by atoms with van der Waals surface area (Å²) in [6.07, 6.45) is 63.7. The number of carbonyl (C=O) groups is 3. The number of rotatable bonds is 50. The van der Waals surface area contributed by atoms with Gasteiger partial charge in [0, 0.05) is 19.3 Å². The van der Waals surface area contributed by atoms with Gasteiger partial charge in [-0.1, -0.05) is 230 Å². The molecule has 0 amide bonds. The Morgan fingerprint density at radius 2 is 0.562 bits per heavy atom. The smallest absolute Gasteiger partial charge is 0.306 e. The minimum absolute atomic E-state index is 0.0793. The molecular weight excluding hydrogens is 793 g/mol. The van der Waals surface area contributed by atoms with Crippen LogP contribution in [-0.4, -0.2) is 37.2 Å². The fourth-order valence-electron chi connectivity index (χ4n) is 7.86. The zero-order valence-corrected chi connectivity index (χ0v) is 42.6. The molecule has 0 aromatic carbocycles. The van der Waals surface area contributed by atoms with E-state index < -0.39 is 6.10 Å². The van der Waals surface area contributed by atoms with E-state index in [1.807, 2.05) is 0 Å². The van der Waals surface area contributed by atoms with Gasteiger partial charge in [-0.2, -0.15) is 0 Å². The van der Waals surface area contributed by atoms with Crippen LogP contribution in [0.4, 0.5) is 0 Å². The lowest BCUT2D eigenvalue weighted by Gasteiger charge is -2.18. The average Bonchev–Trinajstić information content (AvgIpc) is 3.29. The van der Waals surface area contributed by atoms with Crippen LogP contribution in [-0.2, 0) is 28.6 Å². The highest BCUT2D eigenvalue weighted by molar-refractivity contribution is 5.71. The molecule has 0 fully saturated rings. The van der Waals surface area contributed by atoms with Gasteiger partial charge < -0.3 is 14.2 Å². The van der Waals surface area contributed by atoms with Crippen LogP contribution in [0.1, 0.15) is 284 Å². The fourth-order valence-corrected chi connectivity index (χ4v) is 7.86. The summed E-state index contributed by atoms with van der Waals surface area (Å²) in [6.45, 7) is 6.60. The van der Waals surface area contributed by atoms with E-state index >= 15 is 0 Å². The summed E-state index contributed by atoms with van der Waals surface area (Å²) in [7, 11) is 0. The molecule has 1 atom stereocenters. The first-order valence-corrected chi connectivity index (χ1v) is 27.6. The first-order chi connectivity index (χ1) is 31.5. The molecule has 6 heteroatoms. The highest BCUT2D eigenvalue weighted by Gasteiger charge is 2.19. The molecule has 0 aromatic rings. The van der Waals surface area contributed by atoms with Gasteiger partial charge in [0.1, 0.15) is 13.2 Å². The number of hydrogen-bond acceptors (Lipinski definition) is 6. The molecule has 0 radical (unpaired) electrons. The van der Waals surface area contributed by atoms with Gasteiger partial charge in [0.05, 0.1) is 0 Å². The standard InChI is InChI=1S/C58H104O6/c1-4-7-10-13-16-19-22-25-27-28-29-30-31-34-36-39-42-45-48-51-57(60)63-54-55(53-62-56(59)50-47-44-41-38-35-32-24-21-18-15-12-9-6-3)64-58(61)52-49-46-43-40-37-33-26-23-20-17-14-11-8-5-2/h16,19,21,24-25,27,29-30,55H,4-15,17-18,20,22-23,26,28,31-54H2,1-3H3/b19-16-,24-21-,27-25-,30-29-. The second-order valence-electron chi connectivity index (χ2n) is 18.5. The van der Waals surface area contributed by atoms with Gasteiger partial charge in [-0.15, -0.1) is 0 Å². The molecule has 0 N–H and O–H groups in total. The molecular formula is C58H104O6. The summed E-state index contributed by atoms with van der Waals surface area (Å²) in [4.78, 5) is 38.1. The van der Waals surface area contributed by atoms with Crippen molar-refractivity contribution in [2.75, 3.05) is 13.2 Å². The van der Waals surface area contributed by atoms with Gasteiger partial charge in [-0.05, 0) is 83.5 Å². The van der Waals surface area contributed by atoms with E-state index in [0.717, 1.165) is 83.5 Å². The van der Waals surface area contributed by atoms with E-state index in [2.05, 4.69) is 69.4 Å². The zero-order valence-electron chi connectivity index (χ0n) is 42.6. The molecule has 0 saturated carbocycles. The minimum atomic E-state index is -0.779.